The average Bonchev–Trinajstić information content (AvgIpc) is 3.28. The number of benzene rings is 1. The third-order valence-electron chi connectivity index (χ3n) is 5.96. The summed E-state index contributed by atoms with van der Waals surface area (Å²) < 4.78 is 11.2. The van der Waals surface area contributed by atoms with Crippen LogP contribution in [0.2, 0.25) is 0 Å². The van der Waals surface area contributed by atoms with Crippen molar-refractivity contribution in [1.29, 1.82) is 0 Å². The first-order valence-corrected chi connectivity index (χ1v) is 10.0. The molecule has 27 heavy (non-hydrogen) atoms. The van der Waals surface area contributed by atoms with Gasteiger partial charge in [-0.3, -0.25) is 9.69 Å². The molecule has 1 aromatic carbocycles. The van der Waals surface area contributed by atoms with Crippen LogP contribution in [-0.4, -0.2) is 42.6 Å². The number of nitrogens with one attached hydrogen (secondary N) is 1. The molecule has 5 nitrogen and oxygen atoms in total. The number of carbonyl (C=O) groups excluding carboxylic acids is 1. The van der Waals surface area contributed by atoms with Gasteiger partial charge in [0.05, 0.1) is 19.5 Å². The fraction of sp³-hybridized carbons (Fsp3) is 0.500. The Hall–Kier alpha value is -2.11. The Morgan fingerprint density at radius 1 is 1.00 bits per heavy atom. The van der Waals surface area contributed by atoms with Crippen LogP contribution in [0.25, 0.3) is 0 Å². The summed E-state index contributed by atoms with van der Waals surface area (Å²) in [6.45, 7) is 3.05. The first kappa shape index (κ1) is 18.3. The SMILES string of the molecule is O=C(NC(c1ccccc1)c1ccco1)C1(N2CCOCC2)CCCCC1. The lowest BCUT2D eigenvalue weighted by atomic mass is 9.78. The molecule has 144 valence electrons. The van der Waals surface area contributed by atoms with E-state index >= 15 is 0 Å². The molecule has 4 rings (SSSR count). The zero-order valence-electron chi connectivity index (χ0n) is 15.7. The van der Waals surface area contributed by atoms with Crippen molar-refractivity contribution >= 4 is 5.91 Å². The largest absolute Gasteiger partial charge is 0.467 e. The fourth-order valence-corrected chi connectivity index (χ4v) is 4.50. The van der Waals surface area contributed by atoms with E-state index in [9.17, 15) is 4.79 Å². The average molecular weight is 368 g/mol. The Morgan fingerprint density at radius 3 is 2.41 bits per heavy atom. The number of ether oxygens (including phenoxy) is 1. The van der Waals surface area contributed by atoms with Crippen LogP contribution in [0.5, 0.6) is 0 Å². The van der Waals surface area contributed by atoms with E-state index in [-0.39, 0.29) is 11.9 Å². The zero-order valence-corrected chi connectivity index (χ0v) is 15.7. The van der Waals surface area contributed by atoms with Gasteiger partial charge in [0.25, 0.3) is 0 Å². The molecule has 0 radical (unpaired) electrons. The van der Waals surface area contributed by atoms with E-state index < -0.39 is 5.54 Å². The molecule has 1 unspecified atom stereocenters. The second-order valence-electron chi connectivity index (χ2n) is 7.52. The van der Waals surface area contributed by atoms with Gasteiger partial charge in [0.1, 0.15) is 17.3 Å². The van der Waals surface area contributed by atoms with Crippen molar-refractivity contribution in [1.82, 2.24) is 10.2 Å². The summed E-state index contributed by atoms with van der Waals surface area (Å²) in [4.78, 5) is 16.0. The van der Waals surface area contributed by atoms with Gasteiger partial charge < -0.3 is 14.5 Å². The molecule has 2 aromatic rings. The Labute approximate surface area is 160 Å². The number of rotatable bonds is 5. The summed E-state index contributed by atoms with van der Waals surface area (Å²) in [6, 6.07) is 13.6. The van der Waals surface area contributed by atoms with Gasteiger partial charge >= 0.3 is 0 Å². The third kappa shape index (κ3) is 3.80. The molecule has 2 fully saturated rings. The smallest absolute Gasteiger partial charge is 0.241 e. The molecule has 5 heteroatoms. The first-order chi connectivity index (χ1) is 13.3. The molecular weight excluding hydrogens is 340 g/mol. The van der Waals surface area contributed by atoms with Crippen molar-refractivity contribution in [3.63, 3.8) is 0 Å². The van der Waals surface area contributed by atoms with Crippen molar-refractivity contribution in [2.45, 2.75) is 43.7 Å². The van der Waals surface area contributed by atoms with E-state index in [0.717, 1.165) is 50.1 Å². The van der Waals surface area contributed by atoms with Crippen LogP contribution in [0.1, 0.15) is 49.5 Å². The van der Waals surface area contributed by atoms with Gasteiger partial charge in [-0.15, -0.1) is 0 Å². The molecule has 1 aliphatic carbocycles. The Bertz CT molecular complexity index is 717. The molecule has 1 saturated heterocycles. The molecule has 2 aliphatic rings. The van der Waals surface area contributed by atoms with Gasteiger partial charge in [-0.2, -0.15) is 0 Å². The van der Waals surface area contributed by atoms with E-state index in [1.807, 2.05) is 42.5 Å². The minimum absolute atomic E-state index is 0.120. The molecule has 0 bridgehead atoms. The molecule has 1 aromatic heterocycles. The summed E-state index contributed by atoms with van der Waals surface area (Å²) in [5.41, 5.74) is 0.607. The molecule has 1 aliphatic heterocycles. The zero-order chi connectivity index (χ0) is 18.5. The van der Waals surface area contributed by atoms with Gasteiger partial charge in [0, 0.05) is 13.1 Å². The van der Waals surface area contributed by atoms with Crippen molar-refractivity contribution in [2.24, 2.45) is 0 Å². The highest BCUT2D eigenvalue weighted by Gasteiger charge is 2.45. The summed E-state index contributed by atoms with van der Waals surface area (Å²) in [5, 5.41) is 3.33. The second kappa shape index (κ2) is 8.28. The Morgan fingerprint density at radius 2 is 1.74 bits per heavy atom. The van der Waals surface area contributed by atoms with E-state index in [4.69, 9.17) is 9.15 Å². The van der Waals surface area contributed by atoms with Gasteiger partial charge in [0.2, 0.25) is 5.91 Å². The molecule has 1 atom stereocenters. The van der Waals surface area contributed by atoms with Crippen LogP contribution in [0.4, 0.5) is 0 Å². The maximum absolute atomic E-state index is 13.7. The lowest BCUT2D eigenvalue weighted by Crippen LogP contribution is -2.62. The standard InChI is InChI=1S/C22H28N2O3/c25-21(22(11-5-2-6-12-22)24-13-16-26-17-14-24)23-20(19-10-7-15-27-19)18-8-3-1-4-9-18/h1,3-4,7-10,15,20H,2,5-6,11-14,16-17H2,(H,23,25). The maximum Gasteiger partial charge on any atom is 0.241 e. The number of nitrogens with zero attached hydrogens (tertiary/aromatic N) is 1. The number of carbonyl (C=O) groups is 1. The minimum Gasteiger partial charge on any atom is -0.467 e. The monoisotopic (exact) mass is 368 g/mol. The predicted octanol–water partition coefficient (Wildman–Crippen LogP) is 3.52. The highest BCUT2D eigenvalue weighted by Crippen LogP contribution is 2.36. The van der Waals surface area contributed by atoms with E-state index in [1.165, 1.54) is 6.42 Å². The summed E-state index contributed by atoms with van der Waals surface area (Å²) in [6.07, 6.45) is 6.90. The van der Waals surface area contributed by atoms with E-state index in [0.29, 0.717) is 13.2 Å². The molecule has 2 heterocycles. The number of morpholine rings is 1. The highest BCUT2D eigenvalue weighted by molar-refractivity contribution is 5.87. The number of amides is 1. The molecule has 0 spiro atoms. The van der Waals surface area contributed by atoms with Crippen LogP contribution in [0.3, 0.4) is 0 Å². The van der Waals surface area contributed by atoms with Crippen LogP contribution >= 0.6 is 0 Å². The molecule has 1 N–H and O–H groups in total. The molecule has 1 saturated carbocycles. The van der Waals surface area contributed by atoms with Gasteiger partial charge in [0.15, 0.2) is 0 Å². The second-order valence-corrected chi connectivity index (χ2v) is 7.52. The molecule has 1 amide bonds. The van der Waals surface area contributed by atoms with Gasteiger partial charge in [-0.05, 0) is 30.5 Å². The van der Waals surface area contributed by atoms with Crippen LogP contribution in [0.15, 0.2) is 53.1 Å². The minimum atomic E-state index is -0.429. The summed E-state index contributed by atoms with van der Waals surface area (Å²) in [5.74, 6) is 0.886. The first-order valence-electron chi connectivity index (χ1n) is 10.0. The Kier molecular flexibility index (Phi) is 5.60. The third-order valence-corrected chi connectivity index (χ3v) is 5.96. The molecular formula is C22H28N2O3. The van der Waals surface area contributed by atoms with E-state index in [2.05, 4.69) is 10.2 Å². The van der Waals surface area contributed by atoms with Crippen molar-refractivity contribution in [3.8, 4) is 0 Å². The topological polar surface area (TPSA) is 54.7 Å². The van der Waals surface area contributed by atoms with E-state index in [1.54, 1.807) is 6.26 Å². The van der Waals surface area contributed by atoms with Crippen molar-refractivity contribution in [3.05, 3.63) is 60.1 Å². The van der Waals surface area contributed by atoms with Crippen molar-refractivity contribution < 1.29 is 13.9 Å². The lowest BCUT2D eigenvalue weighted by molar-refractivity contribution is -0.140. The highest BCUT2D eigenvalue weighted by atomic mass is 16.5. The normalized spacial score (nSPS) is 21.5. The summed E-state index contributed by atoms with van der Waals surface area (Å²) >= 11 is 0. The number of hydrogen-bond donors (Lipinski definition) is 1. The van der Waals surface area contributed by atoms with Crippen LogP contribution in [-0.2, 0) is 9.53 Å². The van der Waals surface area contributed by atoms with Crippen LogP contribution in [0, 0.1) is 0 Å². The number of furan rings is 1. The number of hydrogen-bond acceptors (Lipinski definition) is 4. The van der Waals surface area contributed by atoms with Gasteiger partial charge in [-0.1, -0.05) is 49.6 Å². The lowest BCUT2D eigenvalue weighted by Gasteiger charge is -2.47. The van der Waals surface area contributed by atoms with Gasteiger partial charge in [-0.25, -0.2) is 0 Å². The fourth-order valence-electron chi connectivity index (χ4n) is 4.50. The Balaban J connectivity index is 1.62. The maximum atomic E-state index is 13.7. The quantitative estimate of drug-likeness (QED) is 0.877. The van der Waals surface area contributed by atoms with Crippen LogP contribution < -0.4 is 5.32 Å². The summed E-state index contributed by atoms with van der Waals surface area (Å²) in [7, 11) is 0. The van der Waals surface area contributed by atoms with Crippen molar-refractivity contribution in [2.75, 3.05) is 26.3 Å². The predicted molar refractivity (Wildman–Crippen MR) is 103 cm³/mol.